The van der Waals surface area contributed by atoms with Gasteiger partial charge in [-0.15, -0.1) is 0 Å². The molecule has 1 saturated heterocycles. The van der Waals surface area contributed by atoms with Gasteiger partial charge in [-0.05, 0) is 19.8 Å². The standard InChI is InChI=1S/C8H12F3NO2/c1-2-14-7(13)5-3-4-6(12-5)8(9,10)11/h5-6,12H,2-4H2,1H3/t5-,6+/m1/s1. The molecule has 0 amide bonds. The van der Waals surface area contributed by atoms with Crippen molar-refractivity contribution in [3.8, 4) is 0 Å². The summed E-state index contributed by atoms with van der Waals surface area (Å²) in [6, 6.07) is -2.38. The van der Waals surface area contributed by atoms with Crippen LogP contribution in [0.1, 0.15) is 19.8 Å². The van der Waals surface area contributed by atoms with Crippen LogP contribution in [0, 0.1) is 0 Å². The lowest BCUT2D eigenvalue weighted by atomic mass is 10.2. The second-order valence-electron chi connectivity index (χ2n) is 3.14. The zero-order chi connectivity index (χ0) is 10.8. The molecule has 0 aromatic carbocycles. The maximum Gasteiger partial charge on any atom is 0.403 e. The minimum absolute atomic E-state index is 0.0625. The molecule has 1 aliphatic rings. The van der Waals surface area contributed by atoms with Crippen molar-refractivity contribution in [1.29, 1.82) is 0 Å². The summed E-state index contributed by atoms with van der Waals surface area (Å²) in [4.78, 5) is 11.1. The maximum atomic E-state index is 12.2. The minimum Gasteiger partial charge on any atom is -0.465 e. The van der Waals surface area contributed by atoms with Crippen LogP contribution in [0.15, 0.2) is 0 Å². The van der Waals surface area contributed by atoms with Gasteiger partial charge in [0.1, 0.15) is 12.1 Å². The van der Waals surface area contributed by atoms with Gasteiger partial charge in [0.25, 0.3) is 0 Å². The molecule has 14 heavy (non-hydrogen) atoms. The van der Waals surface area contributed by atoms with Crippen LogP contribution >= 0.6 is 0 Å². The van der Waals surface area contributed by atoms with E-state index in [0.29, 0.717) is 0 Å². The first kappa shape index (κ1) is 11.3. The molecule has 0 aromatic heterocycles. The fourth-order valence-corrected chi connectivity index (χ4v) is 1.43. The first-order valence-corrected chi connectivity index (χ1v) is 4.44. The highest BCUT2D eigenvalue weighted by atomic mass is 19.4. The van der Waals surface area contributed by atoms with Crippen LogP contribution < -0.4 is 5.32 Å². The van der Waals surface area contributed by atoms with Crippen LogP contribution in [0.5, 0.6) is 0 Å². The number of nitrogens with one attached hydrogen (secondary N) is 1. The molecule has 0 radical (unpaired) electrons. The third-order valence-electron chi connectivity index (χ3n) is 2.11. The predicted molar refractivity (Wildman–Crippen MR) is 42.6 cm³/mol. The van der Waals surface area contributed by atoms with Gasteiger partial charge in [0.05, 0.1) is 6.61 Å². The van der Waals surface area contributed by atoms with Crippen molar-refractivity contribution in [2.45, 2.75) is 38.0 Å². The second kappa shape index (κ2) is 4.16. The Labute approximate surface area is 79.6 Å². The molecule has 0 unspecified atom stereocenters. The van der Waals surface area contributed by atoms with E-state index in [9.17, 15) is 18.0 Å². The van der Waals surface area contributed by atoms with E-state index in [1.54, 1.807) is 6.92 Å². The Balaban J connectivity index is 2.45. The Morgan fingerprint density at radius 1 is 1.50 bits per heavy atom. The van der Waals surface area contributed by atoms with Gasteiger partial charge in [-0.25, -0.2) is 0 Å². The second-order valence-corrected chi connectivity index (χ2v) is 3.14. The van der Waals surface area contributed by atoms with Gasteiger partial charge in [0, 0.05) is 0 Å². The summed E-state index contributed by atoms with van der Waals surface area (Å²) in [6.45, 7) is 1.81. The van der Waals surface area contributed by atoms with Crippen LogP contribution in [0.2, 0.25) is 0 Å². The number of carbonyl (C=O) groups excluding carboxylic acids is 1. The molecule has 0 aromatic rings. The van der Waals surface area contributed by atoms with Crippen LogP contribution in [-0.2, 0) is 9.53 Å². The molecule has 82 valence electrons. The van der Waals surface area contributed by atoms with Crippen molar-refractivity contribution in [3.63, 3.8) is 0 Å². The molecule has 1 N–H and O–H groups in total. The number of hydrogen-bond acceptors (Lipinski definition) is 3. The van der Waals surface area contributed by atoms with Crippen LogP contribution in [-0.4, -0.2) is 30.8 Å². The smallest absolute Gasteiger partial charge is 0.403 e. The molecule has 6 heteroatoms. The summed E-state index contributed by atoms with van der Waals surface area (Å²) in [6.07, 6.45) is -4.16. The van der Waals surface area contributed by atoms with E-state index < -0.39 is 24.2 Å². The molecule has 3 nitrogen and oxygen atoms in total. The van der Waals surface area contributed by atoms with Gasteiger partial charge in [0.15, 0.2) is 0 Å². The normalized spacial score (nSPS) is 27.7. The quantitative estimate of drug-likeness (QED) is 0.698. The van der Waals surface area contributed by atoms with Gasteiger partial charge < -0.3 is 4.74 Å². The number of esters is 1. The highest BCUT2D eigenvalue weighted by Crippen LogP contribution is 2.28. The Kier molecular flexibility index (Phi) is 3.36. The molecule has 0 bridgehead atoms. The number of carbonyl (C=O) groups is 1. The summed E-state index contributed by atoms with van der Waals surface area (Å²) in [7, 11) is 0. The SMILES string of the molecule is CCOC(=O)[C@H]1CC[C@@H](C(F)(F)F)N1. The Bertz CT molecular complexity index is 217. The molecule has 0 saturated carbocycles. The largest absolute Gasteiger partial charge is 0.465 e. The van der Waals surface area contributed by atoms with Gasteiger partial charge in [-0.1, -0.05) is 0 Å². The van der Waals surface area contributed by atoms with E-state index in [1.807, 2.05) is 0 Å². The fraction of sp³-hybridized carbons (Fsp3) is 0.875. The molecule has 1 rings (SSSR count). The van der Waals surface area contributed by atoms with Crippen LogP contribution in [0.3, 0.4) is 0 Å². The van der Waals surface area contributed by atoms with Crippen molar-refractivity contribution in [2.75, 3.05) is 6.61 Å². The summed E-state index contributed by atoms with van der Waals surface area (Å²) < 4.78 is 41.1. The summed E-state index contributed by atoms with van der Waals surface area (Å²) >= 11 is 0. The Hall–Kier alpha value is -0.780. The molecule has 1 heterocycles. The van der Waals surface area contributed by atoms with E-state index in [-0.39, 0.29) is 19.4 Å². The number of ether oxygens (including phenoxy) is 1. The van der Waals surface area contributed by atoms with Crippen molar-refractivity contribution in [2.24, 2.45) is 0 Å². The zero-order valence-electron chi connectivity index (χ0n) is 7.73. The molecule has 2 atom stereocenters. The first-order valence-electron chi connectivity index (χ1n) is 4.44. The number of halogens is 3. The molecule has 0 spiro atoms. The summed E-state index contributed by atoms with van der Waals surface area (Å²) in [5, 5.41) is 2.22. The molecular weight excluding hydrogens is 199 g/mol. The van der Waals surface area contributed by atoms with E-state index in [1.165, 1.54) is 0 Å². The lowest BCUT2D eigenvalue weighted by Gasteiger charge is -2.16. The lowest BCUT2D eigenvalue weighted by Crippen LogP contribution is -2.43. The van der Waals surface area contributed by atoms with Gasteiger partial charge in [-0.2, -0.15) is 13.2 Å². The predicted octanol–water partition coefficient (Wildman–Crippen LogP) is 1.23. The molecular formula is C8H12F3NO2. The van der Waals surface area contributed by atoms with Crippen molar-refractivity contribution in [3.05, 3.63) is 0 Å². The van der Waals surface area contributed by atoms with Crippen LogP contribution in [0.25, 0.3) is 0 Å². The van der Waals surface area contributed by atoms with Crippen LogP contribution in [0.4, 0.5) is 13.2 Å². The van der Waals surface area contributed by atoms with E-state index in [4.69, 9.17) is 0 Å². The average molecular weight is 211 g/mol. The first-order chi connectivity index (χ1) is 6.45. The van der Waals surface area contributed by atoms with E-state index in [0.717, 1.165) is 0 Å². The molecule has 0 aliphatic carbocycles. The monoisotopic (exact) mass is 211 g/mol. The molecule has 1 aliphatic heterocycles. The average Bonchev–Trinajstić information content (AvgIpc) is 2.51. The topological polar surface area (TPSA) is 38.3 Å². The van der Waals surface area contributed by atoms with Gasteiger partial charge in [-0.3, -0.25) is 10.1 Å². The number of alkyl halides is 3. The van der Waals surface area contributed by atoms with Crippen molar-refractivity contribution < 1.29 is 22.7 Å². The third-order valence-corrected chi connectivity index (χ3v) is 2.11. The van der Waals surface area contributed by atoms with Crippen molar-refractivity contribution >= 4 is 5.97 Å². The highest BCUT2D eigenvalue weighted by molar-refractivity contribution is 5.76. The Morgan fingerprint density at radius 2 is 2.14 bits per heavy atom. The fourth-order valence-electron chi connectivity index (χ4n) is 1.43. The number of rotatable bonds is 2. The highest BCUT2D eigenvalue weighted by Gasteiger charge is 2.45. The molecule has 1 fully saturated rings. The summed E-state index contributed by atoms with van der Waals surface area (Å²) in [5.41, 5.74) is 0. The van der Waals surface area contributed by atoms with Gasteiger partial charge in [0.2, 0.25) is 0 Å². The number of hydrogen-bond donors (Lipinski definition) is 1. The lowest BCUT2D eigenvalue weighted by molar-refractivity contribution is -0.155. The van der Waals surface area contributed by atoms with Gasteiger partial charge >= 0.3 is 12.1 Å². The zero-order valence-corrected chi connectivity index (χ0v) is 7.73. The Morgan fingerprint density at radius 3 is 2.57 bits per heavy atom. The van der Waals surface area contributed by atoms with E-state index >= 15 is 0 Å². The third kappa shape index (κ3) is 2.60. The maximum absolute atomic E-state index is 12.2. The van der Waals surface area contributed by atoms with Crippen molar-refractivity contribution in [1.82, 2.24) is 5.32 Å². The minimum atomic E-state index is -4.28. The summed E-state index contributed by atoms with van der Waals surface area (Å²) in [5.74, 6) is -0.598. The van der Waals surface area contributed by atoms with E-state index in [2.05, 4.69) is 10.1 Å².